The number of aromatic nitrogens is 1. The van der Waals surface area contributed by atoms with Crippen LogP contribution in [0.5, 0.6) is 0 Å². The summed E-state index contributed by atoms with van der Waals surface area (Å²) >= 11 is 6.94. The van der Waals surface area contributed by atoms with Gasteiger partial charge in [-0.3, -0.25) is 14.2 Å². The maximum atomic E-state index is 12.5. The standard InChI is InChI=1S/C20H19ClN2O2S/c1-13-6-8-15(9-7-13)12-23-14(2)18(26-20(23)25)19(24)22-11-16-4-3-5-17(21)10-16/h3-10H,11-12H2,1-2H3,(H,22,24). The summed E-state index contributed by atoms with van der Waals surface area (Å²) in [5, 5.41) is 3.48. The first-order chi connectivity index (χ1) is 12.4. The second-order valence-electron chi connectivity index (χ2n) is 6.17. The molecule has 1 aromatic heterocycles. The Hall–Kier alpha value is -2.37. The van der Waals surface area contributed by atoms with Crippen LogP contribution in [-0.4, -0.2) is 10.5 Å². The third-order valence-electron chi connectivity index (χ3n) is 4.15. The molecule has 1 N–H and O–H groups in total. The van der Waals surface area contributed by atoms with Crippen LogP contribution in [0.1, 0.15) is 32.1 Å². The van der Waals surface area contributed by atoms with Gasteiger partial charge in [0.2, 0.25) is 0 Å². The molecule has 134 valence electrons. The highest BCUT2D eigenvalue weighted by molar-refractivity contribution is 7.11. The van der Waals surface area contributed by atoms with E-state index in [-0.39, 0.29) is 10.8 Å². The number of aryl methyl sites for hydroxylation is 1. The zero-order chi connectivity index (χ0) is 18.7. The lowest BCUT2D eigenvalue weighted by atomic mass is 10.1. The number of amides is 1. The van der Waals surface area contributed by atoms with Gasteiger partial charge >= 0.3 is 4.87 Å². The van der Waals surface area contributed by atoms with E-state index in [1.165, 1.54) is 5.56 Å². The maximum absolute atomic E-state index is 12.5. The molecule has 1 heterocycles. The third-order valence-corrected chi connectivity index (χ3v) is 5.47. The Balaban J connectivity index is 1.75. The van der Waals surface area contributed by atoms with E-state index in [2.05, 4.69) is 5.32 Å². The van der Waals surface area contributed by atoms with Gasteiger partial charge in [0.15, 0.2) is 0 Å². The molecule has 4 nitrogen and oxygen atoms in total. The lowest BCUT2D eigenvalue weighted by Crippen LogP contribution is -2.23. The van der Waals surface area contributed by atoms with Crippen molar-refractivity contribution < 1.29 is 4.79 Å². The van der Waals surface area contributed by atoms with Crippen LogP contribution in [0.25, 0.3) is 0 Å². The van der Waals surface area contributed by atoms with Crippen molar-refractivity contribution in [1.29, 1.82) is 0 Å². The van der Waals surface area contributed by atoms with Gasteiger partial charge in [0.1, 0.15) is 4.88 Å². The SMILES string of the molecule is Cc1ccc(Cn2c(C)c(C(=O)NCc3cccc(Cl)c3)sc2=O)cc1. The topological polar surface area (TPSA) is 51.1 Å². The molecule has 0 fully saturated rings. The first-order valence-corrected chi connectivity index (χ1v) is 9.42. The number of hydrogen-bond acceptors (Lipinski definition) is 3. The van der Waals surface area contributed by atoms with Crippen LogP contribution < -0.4 is 10.2 Å². The summed E-state index contributed by atoms with van der Waals surface area (Å²) in [4.78, 5) is 25.2. The van der Waals surface area contributed by atoms with Crippen LogP contribution in [0.3, 0.4) is 0 Å². The quantitative estimate of drug-likeness (QED) is 0.715. The lowest BCUT2D eigenvalue weighted by Gasteiger charge is -2.07. The van der Waals surface area contributed by atoms with E-state index in [9.17, 15) is 9.59 Å². The monoisotopic (exact) mass is 386 g/mol. The zero-order valence-electron chi connectivity index (χ0n) is 14.6. The minimum absolute atomic E-state index is 0.129. The van der Waals surface area contributed by atoms with Crippen LogP contribution in [0.15, 0.2) is 53.3 Å². The molecular formula is C20H19ClN2O2S. The molecule has 0 saturated carbocycles. The minimum Gasteiger partial charge on any atom is -0.347 e. The van der Waals surface area contributed by atoms with E-state index in [1.54, 1.807) is 23.6 Å². The van der Waals surface area contributed by atoms with Crippen LogP contribution >= 0.6 is 22.9 Å². The number of rotatable bonds is 5. The second kappa shape index (κ2) is 7.89. The highest BCUT2D eigenvalue weighted by atomic mass is 35.5. The molecule has 2 aromatic carbocycles. The number of halogens is 1. The Kier molecular flexibility index (Phi) is 5.59. The summed E-state index contributed by atoms with van der Waals surface area (Å²) in [6.07, 6.45) is 0. The Bertz CT molecular complexity index is 990. The van der Waals surface area contributed by atoms with Crippen LogP contribution in [0, 0.1) is 13.8 Å². The summed E-state index contributed by atoms with van der Waals surface area (Å²) < 4.78 is 1.64. The van der Waals surface area contributed by atoms with E-state index in [0.29, 0.717) is 28.7 Å². The number of carbonyl (C=O) groups is 1. The van der Waals surface area contributed by atoms with Gasteiger partial charge in [-0.2, -0.15) is 0 Å². The number of benzene rings is 2. The van der Waals surface area contributed by atoms with Crippen LogP contribution in [0.4, 0.5) is 0 Å². The molecule has 0 radical (unpaired) electrons. The Morgan fingerprint density at radius 1 is 1.12 bits per heavy atom. The van der Waals surface area contributed by atoms with E-state index >= 15 is 0 Å². The molecule has 0 unspecified atom stereocenters. The van der Waals surface area contributed by atoms with Gasteiger partial charge in [-0.25, -0.2) is 0 Å². The van der Waals surface area contributed by atoms with Gasteiger partial charge in [-0.15, -0.1) is 0 Å². The van der Waals surface area contributed by atoms with Crippen molar-refractivity contribution in [2.45, 2.75) is 26.9 Å². The van der Waals surface area contributed by atoms with Crippen molar-refractivity contribution >= 4 is 28.8 Å². The van der Waals surface area contributed by atoms with Gasteiger partial charge in [0.25, 0.3) is 5.91 Å². The molecule has 3 aromatic rings. The molecule has 0 aliphatic carbocycles. The van der Waals surface area contributed by atoms with Crippen LogP contribution in [0.2, 0.25) is 5.02 Å². The summed E-state index contributed by atoms with van der Waals surface area (Å²) in [5.41, 5.74) is 3.80. The fourth-order valence-corrected chi connectivity index (χ4v) is 3.78. The Labute approximate surface area is 161 Å². The van der Waals surface area contributed by atoms with E-state index in [0.717, 1.165) is 22.5 Å². The fourth-order valence-electron chi connectivity index (χ4n) is 2.66. The van der Waals surface area contributed by atoms with Crippen molar-refractivity contribution in [3.63, 3.8) is 0 Å². The lowest BCUT2D eigenvalue weighted by molar-refractivity contribution is 0.0954. The van der Waals surface area contributed by atoms with Gasteiger partial charge in [0, 0.05) is 17.3 Å². The first-order valence-electron chi connectivity index (χ1n) is 8.22. The maximum Gasteiger partial charge on any atom is 0.308 e. The molecule has 6 heteroatoms. The first kappa shape index (κ1) is 18.4. The molecule has 0 atom stereocenters. The molecule has 0 aliphatic heterocycles. The zero-order valence-corrected chi connectivity index (χ0v) is 16.2. The third kappa shape index (κ3) is 4.23. The predicted molar refractivity (Wildman–Crippen MR) is 106 cm³/mol. The van der Waals surface area contributed by atoms with E-state index < -0.39 is 0 Å². The van der Waals surface area contributed by atoms with Gasteiger partial charge in [0.05, 0.1) is 6.54 Å². The van der Waals surface area contributed by atoms with Gasteiger partial charge < -0.3 is 5.32 Å². The number of hydrogen-bond donors (Lipinski definition) is 1. The van der Waals surface area contributed by atoms with Crippen molar-refractivity contribution in [3.8, 4) is 0 Å². The molecular weight excluding hydrogens is 368 g/mol. The fraction of sp³-hybridized carbons (Fsp3) is 0.200. The molecule has 1 amide bonds. The number of nitrogens with one attached hydrogen (secondary N) is 1. The smallest absolute Gasteiger partial charge is 0.308 e. The second-order valence-corrected chi connectivity index (χ2v) is 7.56. The van der Waals surface area contributed by atoms with E-state index in [1.807, 2.05) is 43.3 Å². The Morgan fingerprint density at radius 3 is 2.54 bits per heavy atom. The molecule has 3 rings (SSSR count). The van der Waals surface area contributed by atoms with Crippen molar-refractivity contribution in [2.24, 2.45) is 0 Å². The van der Waals surface area contributed by atoms with Crippen molar-refractivity contribution in [1.82, 2.24) is 9.88 Å². The Morgan fingerprint density at radius 2 is 1.85 bits per heavy atom. The summed E-state index contributed by atoms with van der Waals surface area (Å²) in [6, 6.07) is 15.3. The largest absolute Gasteiger partial charge is 0.347 e. The summed E-state index contributed by atoms with van der Waals surface area (Å²) in [6.45, 7) is 4.65. The predicted octanol–water partition coefficient (Wildman–Crippen LogP) is 4.16. The van der Waals surface area contributed by atoms with Gasteiger partial charge in [-0.1, -0.05) is 64.9 Å². The number of carbonyl (C=O) groups excluding carboxylic acids is 1. The number of thiazole rings is 1. The average Bonchev–Trinajstić information content (AvgIpc) is 2.90. The number of nitrogens with zero attached hydrogens (tertiary/aromatic N) is 1. The minimum atomic E-state index is -0.243. The molecule has 0 bridgehead atoms. The molecule has 0 saturated heterocycles. The van der Waals surface area contributed by atoms with Crippen molar-refractivity contribution in [3.05, 3.63) is 90.5 Å². The van der Waals surface area contributed by atoms with Crippen LogP contribution in [-0.2, 0) is 13.1 Å². The highest BCUT2D eigenvalue weighted by Crippen LogP contribution is 2.15. The van der Waals surface area contributed by atoms with E-state index in [4.69, 9.17) is 11.6 Å². The average molecular weight is 387 g/mol. The molecule has 0 spiro atoms. The summed E-state index contributed by atoms with van der Waals surface area (Å²) in [5.74, 6) is -0.243. The molecule has 0 aliphatic rings. The summed E-state index contributed by atoms with van der Waals surface area (Å²) in [7, 11) is 0. The van der Waals surface area contributed by atoms with Gasteiger partial charge in [-0.05, 0) is 37.1 Å². The van der Waals surface area contributed by atoms with Crippen molar-refractivity contribution in [2.75, 3.05) is 0 Å². The molecule has 26 heavy (non-hydrogen) atoms. The normalized spacial score (nSPS) is 10.7. The highest BCUT2D eigenvalue weighted by Gasteiger charge is 2.17.